The average Bonchev–Trinajstić information content (AvgIpc) is 3.19. The van der Waals surface area contributed by atoms with E-state index in [1.165, 1.54) is 11.0 Å². The molecule has 4 aromatic rings. The quantitative estimate of drug-likeness (QED) is 0.445. The number of hydrogen-bond donors (Lipinski definition) is 1. The van der Waals surface area contributed by atoms with Crippen molar-refractivity contribution in [2.24, 2.45) is 0 Å². The van der Waals surface area contributed by atoms with Crippen molar-refractivity contribution in [3.63, 3.8) is 0 Å². The highest BCUT2D eigenvalue weighted by Crippen LogP contribution is 2.28. The molecular formula is C17H15N5O3. The summed E-state index contributed by atoms with van der Waals surface area (Å²) in [4.78, 5) is 13.6. The van der Waals surface area contributed by atoms with Crippen LogP contribution in [0.15, 0.2) is 54.9 Å². The molecule has 0 saturated carbocycles. The van der Waals surface area contributed by atoms with Gasteiger partial charge in [0.1, 0.15) is 0 Å². The minimum atomic E-state index is -0.763. The summed E-state index contributed by atoms with van der Waals surface area (Å²) in [5, 5.41) is 27.1. The molecule has 0 saturated heterocycles. The second-order valence-electron chi connectivity index (χ2n) is 5.82. The zero-order valence-electron chi connectivity index (χ0n) is 13.2. The van der Waals surface area contributed by atoms with Gasteiger partial charge >= 0.3 is 5.95 Å². The van der Waals surface area contributed by atoms with Gasteiger partial charge in [0.2, 0.25) is 6.33 Å². The summed E-state index contributed by atoms with van der Waals surface area (Å²) in [5.74, 6) is -0.468. The van der Waals surface area contributed by atoms with Gasteiger partial charge in [-0.2, -0.15) is 4.68 Å². The van der Waals surface area contributed by atoms with Crippen LogP contribution in [0.1, 0.15) is 0 Å². The lowest BCUT2D eigenvalue weighted by Crippen LogP contribution is -2.22. The molecule has 0 aliphatic heterocycles. The molecule has 4 rings (SSSR count). The van der Waals surface area contributed by atoms with Gasteiger partial charge in [-0.05, 0) is 17.1 Å². The molecule has 8 heteroatoms. The molecule has 1 atom stereocenters. The van der Waals surface area contributed by atoms with Crippen molar-refractivity contribution in [1.82, 2.24) is 19.3 Å². The van der Waals surface area contributed by atoms with E-state index in [1.807, 2.05) is 36.4 Å². The number of nitrogens with zero attached hydrogens (tertiary/aromatic N) is 5. The first-order chi connectivity index (χ1) is 12.1. The third-order valence-corrected chi connectivity index (χ3v) is 4.16. The van der Waals surface area contributed by atoms with Crippen LogP contribution in [0.25, 0.3) is 21.8 Å². The van der Waals surface area contributed by atoms with Crippen LogP contribution in [0, 0.1) is 10.1 Å². The van der Waals surface area contributed by atoms with Gasteiger partial charge in [-0.25, -0.2) is 0 Å². The molecule has 0 aliphatic rings. The Balaban J connectivity index is 1.66. The van der Waals surface area contributed by atoms with E-state index in [4.69, 9.17) is 0 Å². The molecule has 0 amide bonds. The lowest BCUT2D eigenvalue weighted by Gasteiger charge is -2.12. The van der Waals surface area contributed by atoms with E-state index in [1.54, 1.807) is 0 Å². The Labute approximate surface area is 142 Å². The third-order valence-electron chi connectivity index (χ3n) is 4.16. The van der Waals surface area contributed by atoms with Crippen LogP contribution in [0.5, 0.6) is 0 Å². The number of para-hydroxylation sites is 2. The number of benzene rings is 2. The average molecular weight is 337 g/mol. The largest absolute Gasteiger partial charge is 0.490 e. The van der Waals surface area contributed by atoms with Crippen molar-refractivity contribution in [3.8, 4) is 0 Å². The summed E-state index contributed by atoms with van der Waals surface area (Å²) < 4.78 is 3.34. The molecule has 0 spiro atoms. The van der Waals surface area contributed by atoms with Crippen LogP contribution in [0.4, 0.5) is 5.95 Å². The highest BCUT2D eigenvalue weighted by atomic mass is 16.6. The van der Waals surface area contributed by atoms with Gasteiger partial charge in [0.25, 0.3) is 0 Å². The molecule has 0 unspecified atom stereocenters. The van der Waals surface area contributed by atoms with Crippen molar-refractivity contribution in [3.05, 3.63) is 65.0 Å². The topological polar surface area (TPSA) is 99.0 Å². The molecule has 8 nitrogen and oxygen atoms in total. The highest BCUT2D eigenvalue weighted by Gasteiger charge is 2.18. The van der Waals surface area contributed by atoms with Crippen LogP contribution >= 0.6 is 0 Å². The fourth-order valence-electron chi connectivity index (χ4n) is 3.14. The third kappa shape index (κ3) is 2.72. The zero-order valence-corrected chi connectivity index (χ0v) is 13.2. The number of aromatic nitrogens is 4. The van der Waals surface area contributed by atoms with E-state index < -0.39 is 17.0 Å². The normalized spacial score (nSPS) is 12.7. The molecule has 2 heterocycles. The first kappa shape index (κ1) is 15.3. The van der Waals surface area contributed by atoms with Gasteiger partial charge in [0.05, 0.1) is 19.2 Å². The van der Waals surface area contributed by atoms with Gasteiger partial charge in [0.15, 0.2) is 0 Å². The van der Waals surface area contributed by atoms with Crippen molar-refractivity contribution in [1.29, 1.82) is 0 Å². The first-order valence-corrected chi connectivity index (χ1v) is 7.81. The zero-order chi connectivity index (χ0) is 17.4. The van der Waals surface area contributed by atoms with E-state index in [9.17, 15) is 15.2 Å². The lowest BCUT2D eigenvalue weighted by atomic mass is 10.2. The summed E-state index contributed by atoms with van der Waals surface area (Å²) in [5.41, 5.74) is 2.07. The Morgan fingerprint density at radius 2 is 1.64 bits per heavy atom. The van der Waals surface area contributed by atoms with Crippen LogP contribution < -0.4 is 0 Å². The molecule has 1 N–H and O–H groups in total. The molecule has 0 bridgehead atoms. The van der Waals surface area contributed by atoms with Crippen LogP contribution in [-0.4, -0.2) is 35.5 Å². The maximum absolute atomic E-state index is 10.6. The number of aliphatic hydroxyl groups excluding tert-OH is 1. The Morgan fingerprint density at radius 3 is 2.20 bits per heavy atom. The van der Waals surface area contributed by atoms with E-state index >= 15 is 0 Å². The summed E-state index contributed by atoms with van der Waals surface area (Å²) >= 11 is 0. The maximum atomic E-state index is 10.6. The van der Waals surface area contributed by atoms with Crippen molar-refractivity contribution >= 4 is 27.8 Å². The number of fused-ring (bicyclic) bond motifs is 3. The lowest BCUT2D eigenvalue weighted by molar-refractivity contribution is -0.394. The summed E-state index contributed by atoms with van der Waals surface area (Å²) in [6.07, 6.45) is 0.494. The fraction of sp³-hybridized carbons (Fsp3) is 0.176. The van der Waals surface area contributed by atoms with Crippen molar-refractivity contribution in [2.75, 3.05) is 0 Å². The fourth-order valence-corrected chi connectivity index (χ4v) is 3.14. The Hall–Kier alpha value is -3.26. The van der Waals surface area contributed by atoms with Gasteiger partial charge in [-0.3, -0.25) is 0 Å². The molecule has 2 aromatic heterocycles. The number of aliphatic hydroxyl groups is 1. The van der Waals surface area contributed by atoms with Gasteiger partial charge < -0.3 is 19.8 Å². The first-order valence-electron chi connectivity index (χ1n) is 7.81. The number of rotatable bonds is 5. The van der Waals surface area contributed by atoms with E-state index in [-0.39, 0.29) is 6.54 Å². The van der Waals surface area contributed by atoms with Crippen molar-refractivity contribution in [2.45, 2.75) is 19.2 Å². The van der Waals surface area contributed by atoms with Gasteiger partial charge in [-0.1, -0.05) is 41.4 Å². The van der Waals surface area contributed by atoms with E-state index in [0.717, 1.165) is 21.8 Å². The second kappa shape index (κ2) is 5.99. The monoisotopic (exact) mass is 337 g/mol. The SMILES string of the molecule is O=[N+]([O-])c1ncn(C[C@@H](O)Cn2c3ccccc3c3ccccc32)n1. The minimum Gasteiger partial charge on any atom is -0.390 e. The minimum absolute atomic E-state index is 0.127. The smallest absolute Gasteiger partial charge is 0.390 e. The van der Waals surface area contributed by atoms with E-state index in [0.29, 0.717) is 6.54 Å². The predicted octanol–water partition coefficient (Wildman–Crippen LogP) is 2.36. The predicted molar refractivity (Wildman–Crippen MR) is 92.1 cm³/mol. The highest BCUT2D eigenvalue weighted by molar-refractivity contribution is 6.07. The maximum Gasteiger partial charge on any atom is 0.490 e. The van der Waals surface area contributed by atoms with Gasteiger partial charge in [-0.15, -0.1) is 0 Å². The summed E-state index contributed by atoms with van der Waals surface area (Å²) in [7, 11) is 0. The molecule has 2 aromatic carbocycles. The van der Waals surface area contributed by atoms with Crippen molar-refractivity contribution < 1.29 is 10.0 Å². The molecule has 0 radical (unpaired) electrons. The Bertz CT molecular complexity index is 1020. The van der Waals surface area contributed by atoms with Crippen LogP contribution in [0.3, 0.4) is 0 Å². The molecule has 0 aliphatic carbocycles. The summed E-state index contributed by atoms with van der Waals surface area (Å²) in [6, 6.07) is 16.1. The molecular weight excluding hydrogens is 322 g/mol. The van der Waals surface area contributed by atoms with Crippen LogP contribution in [-0.2, 0) is 13.1 Å². The number of nitro groups is 1. The van der Waals surface area contributed by atoms with Gasteiger partial charge in [0, 0.05) is 26.9 Å². The standard InChI is InChI=1S/C17H15N5O3/c23-12(9-20-11-18-17(19-20)22(24)25)10-21-15-7-3-1-5-13(15)14-6-2-4-8-16(14)21/h1-8,11-12,23H,9-10H2/t12-/m1/s1. The molecule has 0 fully saturated rings. The second-order valence-corrected chi connectivity index (χ2v) is 5.82. The summed E-state index contributed by atoms with van der Waals surface area (Å²) in [6.45, 7) is 0.476. The molecule has 126 valence electrons. The Morgan fingerprint density at radius 1 is 1.04 bits per heavy atom. The van der Waals surface area contributed by atoms with E-state index in [2.05, 4.69) is 26.8 Å². The van der Waals surface area contributed by atoms with Crippen LogP contribution in [0.2, 0.25) is 0 Å². The molecule has 25 heavy (non-hydrogen) atoms. The Kier molecular flexibility index (Phi) is 3.66. The number of hydrogen-bond acceptors (Lipinski definition) is 5.